The Balaban J connectivity index is 2.15. The van der Waals surface area contributed by atoms with E-state index in [1.165, 1.54) is 12.3 Å². The summed E-state index contributed by atoms with van der Waals surface area (Å²) < 4.78 is 26.7. The maximum absolute atomic E-state index is 13.6. The Morgan fingerprint density at radius 3 is 2.67 bits per heavy atom. The van der Waals surface area contributed by atoms with Gasteiger partial charge in [0.2, 0.25) is 0 Å². The van der Waals surface area contributed by atoms with Crippen LogP contribution in [0.2, 0.25) is 5.02 Å². The third-order valence-corrected chi connectivity index (χ3v) is 4.01. The third kappa shape index (κ3) is 4.17. The van der Waals surface area contributed by atoms with Crippen molar-refractivity contribution in [3.8, 4) is 0 Å². The maximum Gasteiger partial charge on any atom is 0.161 e. The molecule has 1 heterocycles. The van der Waals surface area contributed by atoms with Crippen LogP contribution in [-0.4, -0.2) is 16.7 Å². The summed E-state index contributed by atoms with van der Waals surface area (Å²) in [4.78, 5) is 12.8. The van der Waals surface area contributed by atoms with Crippen LogP contribution < -0.4 is 5.32 Å². The van der Waals surface area contributed by atoms with Crippen LogP contribution in [0.15, 0.2) is 59.7 Å². The quantitative estimate of drug-likeness (QED) is 0.438. The molecule has 27 heavy (non-hydrogen) atoms. The minimum atomic E-state index is -0.948. The molecule has 0 atom stereocenters. The second kappa shape index (κ2) is 8.05. The van der Waals surface area contributed by atoms with Gasteiger partial charge in [-0.2, -0.15) is 0 Å². The molecule has 4 nitrogen and oxygen atoms in total. The number of hydrogen-bond donors (Lipinski definition) is 1. The fourth-order valence-electron chi connectivity index (χ4n) is 2.47. The fraction of sp³-hybridized carbons (Fsp3) is 0.0500. The molecule has 0 bridgehead atoms. The molecule has 0 saturated heterocycles. The Morgan fingerprint density at radius 1 is 1.15 bits per heavy atom. The molecule has 0 aliphatic heterocycles. The second-order valence-corrected chi connectivity index (χ2v) is 5.99. The first-order valence-corrected chi connectivity index (χ1v) is 8.38. The number of allylic oxidation sites excluding steroid dienone is 3. The van der Waals surface area contributed by atoms with Gasteiger partial charge in [-0.1, -0.05) is 17.7 Å². The smallest absolute Gasteiger partial charge is 0.161 e. The van der Waals surface area contributed by atoms with E-state index in [1.807, 2.05) is 13.0 Å². The van der Waals surface area contributed by atoms with Crippen LogP contribution >= 0.6 is 11.6 Å². The van der Waals surface area contributed by atoms with Crippen molar-refractivity contribution in [2.24, 2.45) is 4.99 Å². The van der Waals surface area contributed by atoms with Crippen molar-refractivity contribution in [3.05, 3.63) is 77.2 Å². The van der Waals surface area contributed by atoms with Crippen LogP contribution in [0.3, 0.4) is 0 Å². The van der Waals surface area contributed by atoms with Crippen molar-refractivity contribution in [2.45, 2.75) is 6.92 Å². The first kappa shape index (κ1) is 18.7. The van der Waals surface area contributed by atoms with Crippen molar-refractivity contribution in [1.29, 1.82) is 0 Å². The zero-order chi connectivity index (χ0) is 19.4. The number of rotatable bonds is 5. The van der Waals surface area contributed by atoms with E-state index in [0.717, 1.165) is 17.7 Å². The highest BCUT2D eigenvalue weighted by atomic mass is 35.5. The molecule has 136 valence electrons. The summed E-state index contributed by atoms with van der Waals surface area (Å²) in [7, 11) is 0. The van der Waals surface area contributed by atoms with E-state index in [4.69, 9.17) is 11.6 Å². The number of fused-ring (bicyclic) bond motifs is 1. The molecule has 0 saturated carbocycles. The number of nitrogens with one attached hydrogen (secondary N) is 1. The molecule has 0 fully saturated rings. The molecular formula is C20H15ClF2N4. The van der Waals surface area contributed by atoms with Gasteiger partial charge < -0.3 is 5.32 Å². The summed E-state index contributed by atoms with van der Waals surface area (Å²) >= 11 is 6.09. The highest BCUT2D eigenvalue weighted by Crippen LogP contribution is 2.28. The largest absolute Gasteiger partial charge is 0.340 e. The summed E-state index contributed by atoms with van der Waals surface area (Å²) in [5.41, 5.74) is 1.69. The number of anilines is 2. The minimum absolute atomic E-state index is 0.361. The van der Waals surface area contributed by atoms with E-state index in [0.29, 0.717) is 33.3 Å². The summed E-state index contributed by atoms with van der Waals surface area (Å²) in [6.45, 7) is 5.25. The summed E-state index contributed by atoms with van der Waals surface area (Å²) in [5.74, 6) is -0.996. The Hall–Kier alpha value is -3.12. The molecular weight excluding hydrogens is 370 g/mol. The molecule has 0 amide bonds. The minimum Gasteiger partial charge on any atom is -0.340 e. The van der Waals surface area contributed by atoms with Crippen molar-refractivity contribution in [2.75, 3.05) is 5.32 Å². The van der Waals surface area contributed by atoms with E-state index in [9.17, 15) is 8.78 Å². The molecule has 0 radical (unpaired) electrons. The lowest BCUT2D eigenvalue weighted by atomic mass is 10.2. The molecule has 0 aliphatic carbocycles. The first-order chi connectivity index (χ1) is 13.0. The number of halogens is 3. The van der Waals surface area contributed by atoms with Gasteiger partial charge in [-0.25, -0.2) is 18.7 Å². The number of benzene rings is 2. The van der Waals surface area contributed by atoms with Crippen LogP contribution in [-0.2, 0) is 0 Å². The molecule has 0 unspecified atom stereocenters. The predicted molar refractivity (Wildman–Crippen MR) is 107 cm³/mol. The van der Waals surface area contributed by atoms with Gasteiger partial charge in [-0.15, -0.1) is 0 Å². The highest BCUT2D eigenvalue weighted by molar-refractivity contribution is 6.31. The molecule has 0 aliphatic rings. The second-order valence-electron chi connectivity index (χ2n) is 5.55. The van der Waals surface area contributed by atoms with Crippen LogP contribution in [0.4, 0.5) is 20.3 Å². The van der Waals surface area contributed by atoms with Gasteiger partial charge in [0.25, 0.3) is 0 Å². The SMILES string of the molecule is C=N/C=C\C(=C/C)c1nc(Nc2ccc(F)c(F)c2)c2ccc(Cl)cc2n1. The molecule has 1 N–H and O–H groups in total. The van der Waals surface area contributed by atoms with Crippen LogP contribution in [0.25, 0.3) is 16.5 Å². The number of aromatic nitrogens is 2. The first-order valence-electron chi connectivity index (χ1n) is 8.00. The number of nitrogens with zero attached hydrogens (tertiary/aromatic N) is 3. The Labute approximate surface area is 159 Å². The van der Waals surface area contributed by atoms with E-state index in [2.05, 4.69) is 27.0 Å². The van der Waals surface area contributed by atoms with Gasteiger partial charge in [-0.3, -0.25) is 4.99 Å². The molecule has 2 aromatic carbocycles. The Morgan fingerprint density at radius 2 is 1.96 bits per heavy atom. The van der Waals surface area contributed by atoms with Crippen molar-refractivity contribution >= 4 is 46.3 Å². The summed E-state index contributed by atoms with van der Waals surface area (Å²) in [5, 5.41) is 4.24. The van der Waals surface area contributed by atoms with Gasteiger partial charge in [0, 0.05) is 33.9 Å². The lowest BCUT2D eigenvalue weighted by Gasteiger charge is -2.12. The summed E-state index contributed by atoms with van der Waals surface area (Å²) in [6, 6.07) is 8.73. The topological polar surface area (TPSA) is 50.2 Å². The van der Waals surface area contributed by atoms with Gasteiger partial charge >= 0.3 is 0 Å². The van der Waals surface area contributed by atoms with Gasteiger partial charge in [0.1, 0.15) is 5.82 Å². The number of aliphatic imine (C=N–C) groups is 1. The average Bonchev–Trinajstić information content (AvgIpc) is 2.65. The average molecular weight is 385 g/mol. The normalized spacial score (nSPS) is 11.9. The Kier molecular flexibility index (Phi) is 5.57. The predicted octanol–water partition coefficient (Wildman–Crippen LogP) is 5.92. The Bertz CT molecular complexity index is 1080. The molecule has 7 heteroatoms. The van der Waals surface area contributed by atoms with Gasteiger partial charge in [0.15, 0.2) is 17.5 Å². The molecule has 1 aromatic heterocycles. The fourth-order valence-corrected chi connectivity index (χ4v) is 2.64. The molecule has 3 aromatic rings. The lowest BCUT2D eigenvalue weighted by Crippen LogP contribution is -2.02. The zero-order valence-corrected chi connectivity index (χ0v) is 15.1. The maximum atomic E-state index is 13.6. The zero-order valence-electron chi connectivity index (χ0n) is 14.4. The van der Waals surface area contributed by atoms with E-state index in [1.54, 1.807) is 24.3 Å². The van der Waals surface area contributed by atoms with E-state index in [-0.39, 0.29) is 0 Å². The van der Waals surface area contributed by atoms with Crippen molar-refractivity contribution < 1.29 is 8.78 Å². The number of hydrogen-bond acceptors (Lipinski definition) is 4. The van der Waals surface area contributed by atoms with E-state index < -0.39 is 11.6 Å². The van der Waals surface area contributed by atoms with Crippen LogP contribution in [0.5, 0.6) is 0 Å². The van der Waals surface area contributed by atoms with Gasteiger partial charge in [-0.05, 0) is 50.0 Å². The van der Waals surface area contributed by atoms with Crippen molar-refractivity contribution in [3.63, 3.8) is 0 Å². The van der Waals surface area contributed by atoms with Gasteiger partial charge in [0.05, 0.1) is 5.52 Å². The van der Waals surface area contributed by atoms with Crippen LogP contribution in [0, 0.1) is 11.6 Å². The lowest BCUT2D eigenvalue weighted by molar-refractivity contribution is 0.509. The standard InChI is InChI=1S/C20H15ClF2N4/c1-3-12(8-9-24-2)19-26-18-10-13(21)4-6-15(18)20(27-19)25-14-5-7-16(22)17(23)11-14/h3-11H,2H2,1H3,(H,25,26,27)/b9-8-,12-3+. The molecule has 3 rings (SSSR count). The van der Waals surface area contributed by atoms with Crippen molar-refractivity contribution in [1.82, 2.24) is 9.97 Å². The third-order valence-electron chi connectivity index (χ3n) is 3.77. The highest BCUT2D eigenvalue weighted by Gasteiger charge is 2.12. The molecule has 0 spiro atoms. The monoisotopic (exact) mass is 384 g/mol. The summed E-state index contributed by atoms with van der Waals surface area (Å²) in [6.07, 6.45) is 5.08. The van der Waals surface area contributed by atoms with Crippen LogP contribution in [0.1, 0.15) is 12.7 Å². The van der Waals surface area contributed by atoms with E-state index >= 15 is 0 Å².